The number of carbonyl (C=O) groups excluding carboxylic acids is 1. The zero-order chi connectivity index (χ0) is 25.3. The Balaban J connectivity index is 1.24. The Morgan fingerprint density at radius 1 is 1.14 bits per heavy atom. The van der Waals surface area contributed by atoms with Crippen molar-refractivity contribution in [3.05, 3.63) is 47.3 Å². The highest BCUT2D eigenvalue weighted by atomic mass is 35.5. The molecule has 36 heavy (non-hydrogen) atoms. The molecule has 0 atom stereocenters. The number of ether oxygens (including phenoxy) is 2. The normalized spacial score (nSPS) is 16.7. The van der Waals surface area contributed by atoms with Crippen LogP contribution in [0.1, 0.15) is 12.0 Å². The molecular weight excluding hydrogens is 508 g/mol. The fourth-order valence-corrected chi connectivity index (χ4v) is 5.88. The summed E-state index contributed by atoms with van der Waals surface area (Å²) in [5.41, 5.74) is 2.50. The van der Waals surface area contributed by atoms with Crippen molar-refractivity contribution in [1.29, 1.82) is 0 Å². The van der Waals surface area contributed by atoms with E-state index in [1.54, 1.807) is 36.8 Å². The average Bonchev–Trinajstić information content (AvgIpc) is 3.28. The first-order valence-electron chi connectivity index (χ1n) is 11.2. The van der Waals surface area contributed by atoms with Crippen LogP contribution in [0.15, 0.2) is 46.7 Å². The number of sulfonamides is 1. The molecule has 188 valence electrons. The summed E-state index contributed by atoms with van der Waals surface area (Å²) in [5.74, 6) is 0.200. The van der Waals surface area contributed by atoms with Gasteiger partial charge in [0, 0.05) is 67.3 Å². The first-order valence-corrected chi connectivity index (χ1v) is 13.0. The van der Waals surface area contributed by atoms with Crippen molar-refractivity contribution in [3.63, 3.8) is 0 Å². The van der Waals surface area contributed by atoms with E-state index in [9.17, 15) is 13.2 Å². The molecule has 1 amide bonds. The number of piperazine rings is 1. The number of dihydropyridines is 1. The van der Waals surface area contributed by atoms with Gasteiger partial charge in [-0.3, -0.25) is 4.99 Å². The van der Waals surface area contributed by atoms with Crippen LogP contribution in [-0.2, 0) is 10.0 Å². The van der Waals surface area contributed by atoms with Crippen molar-refractivity contribution in [3.8, 4) is 11.8 Å². The molecule has 1 N–H and O–H groups in total. The molecule has 5 rings (SSSR count). The number of amides is 1. The Morgan fingerprint density at radius 2 is 1.89 bits per heavy atom. The predicted molar refractivity (Wildman–Crippen MR) is 134 cm³/mol. The second-order valence-corrected chi connectivity index (χ2v) is 10.5. The molecule has 2 aromatic heterocycles. The van der Waals surface area contributed by atoms with E-state index >= 15 is 0 Å². The second kappa shape index (κ2) is 9.88. The van der Waals surface area contributed by atoms with Gasteiger partial charge in [-0.05, 0) is 36.3 Å². The second-order valence-electron chi connectivity index (χ2n) is 8.19. The molecular formula is C23H23ClN6O5S. The molecule has 1 fully saturated rings. The number of benzene rings is 1. The van der Waals surface area contributed by atoms with Crippen molar-refractivity contribution < 1.29 is 22.7 Å². The third-order valence-electron chi connectivity index (χ3n) is 6.05. The van der Waals surface area contributed by atoms with Crippen LogP contribution >= 0.6 is 11.6 Å². The summed E-state index contributed by atoms with van der Waals surface area (Å²) in [4.78, 5) is 29.4. The first-order chi connectivity index (χ1) is 17.4. The number of aromatic amines is 1. The number of rotatable bonds is 5. The Bertz CT molecular complexity index is 1460. The van der Waals surface area contributed by atoms with E-state index in [0.29, 0.717) is 22.5 Å². The quantitative estimate of drug-likeness (QED) is 0.536. The van der Waals surface area contributed by atoms with Crippen molar-refractivity contribution >= 4 is 50.4 Å². The number of nitrogens with one attached hydrogen (secondary N) is 1. The molecule has 0 aliphatic carbocycles. The van der Waals surface area contributed by atoms with Crippen LogP contribution in [0.25, 0.3) is 16.5 Å². The highest BCUT2D eigenvalue weighted by molar-refractivity contribution is 7.89. The van der Waals surface area contributed by atoms with Gasteiger partial charge in [-0.15, -0.1) is 0 Å². The first kappa shape index (κ1) is 24.2. The standard InChI is InChI=1S/C23H23ClN6O5S/c1-34-20-18-12-17(24)2-3-19(18)28-21(20)36(32,33)30-10-8-29(9-11-30)23(31)35-22-26-13-16(14-27-22)15-4-6-25-7-5-15/h2-4,6,12-14,28H,5,7-11H2,1H3. The number of hydrogen-bond acceptors (Lipinski definition) is 8. The van der Waals surface area contributed by atoms with Crippen molar-refractivity contribution in [2.45, 2.75) is 11.4 Å². The minimum Gasteiger partial charge on any atom is -0.493 e. The minimum absolute atomic E-state index is 0.0499. The molecule has 1 saturated heterocycles. The lowest BCUT2D eigenvalue weighted by Gasteiger charge is -2.32. The molecule has 11 nitrogen and oxygen atoms in total. The number of fused-ring (bicyclic) bond motifs is 1. The largest absolute Gasteiger partial charge is 0.493 e. The summed E-state index contributed by atoms with van der Waals surface area (Å²) in [6.07, 6.45) is 7.02. The third-order valence-corrected chi connectivity index (χ3v) is 8.13. The maximum atomic E-state index is 13.4. The Morgan fingerprint density at radius 3 is 2.56 bits per heavy atom. The molecule has 0 unspecified atom stereocenters. The molecule has 3 aromatic rings. The van der Waals surface area contributed by atoms with Crippen LogP contribution in [-0.4, -0.2) is 84.7 Å². The van der Waals surface area contributed by atoms with Crippen LogP contribution in [0.3, 0.4) is 0 Å². The van der Waals surface area contributed by atoms with Gasteiger partial charge in [0.2, 0.25) is 0 Å². The van der Waals surface area contributed by atoms with Gasteiger partial charge in [-0.2, -0.15) is 4.31 Å². The number of aromatic nitrogens is 3. The average molecular weight is 531 g/mol. The fourth-order valence-electron chi connectivity index (χ4n) is 4.14. The minimum atomic E-state index is -3.91. The fraction of sp³-hybridized carbons (Fsp3) is 0.304. The Labute approximate surface area is 212 Å². The molecule has 0 radical (unpaired) electrons. The third kappa shape index (κ3) is 4.66. The van der Waals surface area contributed by atoms with Crippen LogP contribution in [0.5, 0.6) is 11.8 Å². The topological polar surface area (TPSA) is 130 Å². The van der Waals surface area contributed by atoms with Gasteiger partial charge in [-0.1, -0.05) is 11.6 Å². The SMILES string of the molecule is COc1c(S(=O)(=O)N2CCN(C(=O)Oc3ncc(C4=CC=NCC4)cn3)CC2)[nH]c2ccc(Cl)cc12. The van der Waals surface area contributed by atoms with Gasteiger partial charge >= 0.3 is 12.1 Å². The van der Waals surface area contributed by atoms with E-state index in [-0.39, 0.29) is 43.0 Å². The van der Waals surface area contributed by atoms with Gasteiger partial charge in [0.25, 0.3) is 10.0 Å². The van der Waals surface area contributed by atoms with E-state index in [2.05, 4.69) is 19.9 Å². The van der Waals surface area contributed by atoms with Crippen molar-refractivity contribution in [2.75, 3.05) is 39.8 Å². The Hall–Kier alpha value is -3.48. The molecule has 4 heterocycles. The van der Waals surface area contributed by atoms with E-state index in [1.807, 2.05) is 6.08 Å². The highest BCUT2D eigenvalue weighted by Gasteiger charge is 2.35. The van der Waals surface area contributed by atoms with Crippen molar-refractivity contribution in [2.24, 2.45) is 4.99 Å². The summed E-state index contributed by atoms with van der Waals surface area (Å²) in [7, 11) is -2.50. The molecule has 0 bridgehead atoms. The lowest BCUT2D eigenvalue weighted by molar-refractivity contribution is 0.129. The van der Waals surface area contributed by atoms with Crippen LogP contribution in [0.2, 0.25) is 5.02 Å². The van der Waals surface area contributed by atoms with Gasteiger partial charge in [-0.25, -0.2) is 23.2 Å². The molecule has 2 aliphatic rings. The van der Waals surface area contributed by atoms with Gasteiger partial charge in [0.15, 0.2) is 10.8 Å². The van der Waals surface area contributed by atoms with E-state index in [4.69, 9.17) is 21.1 Å². The maximum absolute atomic E-state index is 13.4. The Kier molecular flexibility index (Phi) is 6.65. The van der Waals surface area contributed by atoms with Crippen LogP contribution in [0, 0.1) is 0 Å². The van der Waals surface area contributed by atoms with Gasteiger partial charge in [0.1, 0.15) is 0 Å². The zero-order valence-electron chi connectivity index (χ0n) is 19.3. The molecule has 1 aromatic carbocycles. The molecule has 0 saturated carbocycles. The van der Waals surface area contributed by atoms with Gasteiger partial charge in [0.05, 0.1) is 12.6 Å². The highest BCUT2D eigenvalue weighted by Crippen LogP contribution is 2.36. The van der Waals surface area contributed by atoms with Crippen LogP contribution in [0.4, 0.5) is 4.79 Å². The molecule has 0 spiro atoms. The number of methoxy groups -OCH3 is 1. The monoisotopic (exact) mass is 530 g/mol. The van der Waals surface area contributed by atoms with Gasteiger partial charge < -0.3 is 19.4 Å². The summed E-state index contributed by atoms with van der Waals surface area (Å²) >= 11 is 6.07. The summed E-state index contributed by atoms with van der Waals surface area (Å²) in [6.45, 7) is 1.19. The van der Waals surface area contributed by atoms with E-state index in [0.717, 1.165) is 17.6 Å². The summed E-state index contributed by atoms with van der Waals surface area (Å²) in [5, 5.41) is 0.992. The predicted octanol–water partition coefficient (Wildman–Crippen LogP) is 2.98. The van der Waals surface area contributed by atoms with Crippen molar-refractivity contribution in [1.82, 2.24) is 24.2 Å². The lowest BCUT2D eigenvalue weighted by atomic mass is 10.1. The molecule has 2 aliphatic heterocycles. The number of allylic oxidation sites excluding steroid dienone is 1. The smallest absolute Gasteiger partial charge is 0.417 e. The number of nitrogens with zero attached hydrogens (tertiary/aromatic N) is 5. The van der Waals surface area contributed by atoms with E-state index < -0.39 is 16.1 Å². The lowest BCUT2D eigenvalue weighted by Crippen LogP contribution is -2.51. The number of H-pyrrole nitrogens is 1. The van der Waals surface area contributed by atoms with E-state index in [1.165, 1.54) is 16.3 Å². The maximum Gasteiger partial charge on any atom is 0.417 e. The van der Waals surface area contributed by atoms with Crippen LogP contribution < -0.4 is 9.47 Å². The summed E-state index contributed by atoms with van der Waals surface area (Å²) in [6, 6.07) is 4.95. The zero-order valence-corrected chi connectivity index (χ0v) is 20.9. The number of carbonyl (C=O) groups is 1. The summed E-state index contributed by atoms with van der Waals surface area (Å²) < 4.78 is 38.7. The number of halogens is 1. The number of hydrogen-bond donors (Lipinski definition) is 1. The number of aliphatic imine (C=N–C) groups is 1. The molecule has 13 heteroatoms.